The third-order valence-electron chi connectivity index (χ3n) is 2.83. The Hall–Kier alpha value is -1.83. The van der Waals surface area contributed by atoms with Crippen LogP contribution in [0.4, 0.5) is 5.82 Å². The van der Waals surface area contributed by atoms with Crippen LogP contribution in [0.2, 0.25) is 0 Å². The molecule has 19 heavy (non-hydrogen) atoms. The summed E-state index contributed by atoms with van der Waals surface area (Å²) in [6.07, 6.45) is 1.21. The Labute approximate surface area is 113 Å². The lowest BCUT2D eigenvalue weighted by Gasteiger charge is -2.26. The molecule has 0 aliphatic carbocycles. The summed E-state index contributed by atoms with van der Waals surface area (Å²) in [5.41, 5.74) is 3.18. The van der Waals surface area contributed by atoms with E-state index < -0.39 is 24.0 Å². The van der Waals surface area contributed by atoms with Crippen LogP contribution in [0.5, 0.6) is 0 Å². The first-order chi connectivity index (χ1) is 8.95. The van der Waals surface area contributed by atoms with Gasteiger partial charge in [0.05, 0.1) is 6.61 Å². The molecule has 2 heterocycles. The lowest BCUT2D eigenvalue weighted by atomic mass is 9.99. The number of hydrogen-bond acceptors (Lipinski definition) is 6. The third kappa shape index (κ3) is 2.01. The molecule has 0 unspecified atom stereocenters. The van der Waals surface area contributed by atoms with Crippen molar-refractivity contribution < 1.29 is 14.9 Å². The van der Waals surface area contributed by atoms with Gasteiger partial charge >= 0.3 is 5.69 Å². The molecular weight excluding hydrogens is 274 g/mol. The fraction of sp³-hybridized carbons (Fsp3) is 0.273. The third-order valence-corrected chi connectivity index (χ3v) is 3.20. The van der Waals surface area contributed by atoms with E-state index in [2.05, 4.69) is 11.6 Å². The molecule has 7 nitrogen and oxygen atoms in total. The molecule has 8 heteroatoms. The van der Waals surface area contributed by atoms with Crippen molar-refractivity contribution in [2.75, 3.05) is 12.3 Å². The van der Waals surface area contributed by atoms with E-state index in [1.54, 1.807) is 0 Å². The molecule has 102 valence electrons. The maximum Gasteiger partial charge on any atom is 0.356 e. The molecule has 0 spiro atoms. The number of hydrogen-bond donors (Lipinski definition) is 3. The molecule has 0 saturated carbocycles. The standard InChI is InChI=1S/C11H12ClN3O4/c1-2-11(5-16)8(17)7(12)9(19-11)15-4-3-6(13)14-10(15)18/h2-4,8,16-17H,1,5H2,(H2,13,14,18)/t8-,11+/m0/s1. The first-order valence-corrected chi connectivity index (χ1v) is 5.69. The van der Waals surface area contributed by atoms with Gasteiger partial charge in [0, 0.05) is 6.20 Å². The van der Waals surface area contributed by atoms with Crippen molar-refractivity contribution in [2.45, 2.75) is 11.7 Å². The van der Waals surface area contributed by atoms with Crippen LogP contribution in [0.3, 0.4) is 0 Å². The normalized spacial score (nSPS) is 26.4. The van der Waals surface area contributed by atoms with Crippen LogP contribution in [0, 0.1) is 0 Å². The lowest BCUT2D eigenvalue weighted by Crippen LogP contribution is -2.42. The van der Waals surface area contributed by atoms with Gasteiger partial charge in [-0.25, -0.2) is 9.36 Å². The molecule has 0 amide bonds. The molecule has 0 radical (unpaired) electrons. The topological polar surface area (TPSA) is 111 Å². The monoisotopic (exact) mass is 285 g/mol. The summed E-state index contributed by atoms with van der Waals surface area (Å²) in [7, 11) is 0. The fourth-order valence-electron chi connectivity index (χ4n) is 1.69. The van der Waals surface area contributed by atoms with Crippen LogP contribution in [-0.2, 0) is 4.74 Å². The zero-order valence-electron chi connectivity index (χ0n) is 9.78. The van der Waals surface area contributed by atoms with Crippen molar-refractivity contribution in [2.24, 2.45) is 0 Å². The number of rotatable bonds is 3. The average molecular weight is 286 g/mol. The quantitative estimate of drug-likeness (QED) is 0.646. The summed E-state index contributed by atoms with van der Waals surface area (Å²) in [5, 5.41) is 19.2. The number of anilines is 1. The molecule has 4 N–H and O–H groups in total. The number of aliphatic hydroxyl groups excluding tert-OH is 2. The van der Waals surface area contributed by atoms with Crippen LogP contribution in [-0.4, -0.2) is 38.1 Å². The molecule has 0 aromatic carbocycles. The Bertz CT molecular complexity index is 612. The summed E-state index contributed by atoms with van der Waals surface area (Å²) in [4.78, 5) is 15.2. The van der Waals surface area contributed by atoms with Gasteiger partial charge in [-0.1, -0.05) is 18.2 Å². The Kier molecular flexibility index (Phi) is 3.36. The summed E-state index contributed by atoms with van der Waals surface area (Å²) in [5.74, 6) is -0.0609. The van der Waals surface area contributed by atoms with Gasteiger partial charge in [0.1, 0.15) is 17.0 Å². The molecule has 1 aromatic heterocycles. The van der Waals surface area contributed by atoms with E-state index in [1.165, 1.54) is 18.3 Å². The van der Waals surface area contributed by atoms with Gasteiger partial charge in [0.15, 0.2) is 5.60 Å². The summed E-state index contributed by atoms with van der Waals surface area (Å²) < 4.78 is 6.38. The number of nitrogen functional groups attached to an aromatic ring is 1. The van der Waals surface area contributed by atoms with Crippen LogP contribution < -0.4 is 11.4 Å². The average Bonchev–Trinajstić information content (AvgIpc) is 2.64. The lowest BCUT2D eigenvalue weighted by molar-refractivity contribution is -0.0343. The van der Waals surface area contributed by atoms with Gasteiger partial charge in [-0.15, -0.1) is 0 Å². The van der Waals surface area contributed by atoms with Crippen LogP contribution >= 0.6 is 11.6 Å². The van der Waals surface area contributed by atoms with Crippen molar-refractivity contribution in [1.29, 1.82) is 0 Å². The van der Waals surface area contributed by atoms with Gasteiger partial charge in [-0.05, 0) is 12.1 Å². The molecule has 1 aliphatic rings. The summed E-state index contributed by atoms with van der Waals surface area (Å²) in [6, 6.07) is 1.38. The number of nitrogens with zero attached hydrogens (tertiary/aromatic N) is 2. The molecule has 0 fully saturated rings. The van der Waals surface area contributed by atoms with E-state index in [4.69, 9.17) is 22.1 Å². The molecule has 1 aromatic rings. The molecule has 0 bridgehead atoms. The number of aliphatic hydroxyl groups is 2. The zero-order chi connectivity index (χ0) is 14.2. The predicted octanol–water partition coefficient (Wildman–Crippen LogP) is -0.501. The molecule has 1 aliphatic heterocycles. The molecule has 2 rings (SSSR count). The highest BCUT2D eigenvalue weighted by atomic mass is 35.5. The fourth-order valence-corrected chi connectivity index (χ4v) is 2.00. The Morgan fingerprint density at radius 2 is 2.42 bits per heavy atom. The summed E-state index contributed by atoms with van der Waals surface area (Å²) in [6.45, 7) is 2.93. The predicted molar refractivity (Wildman–Crippen MR) is 69.1 cm³/mol. The smallest absolute Gasteiger partial charge is 0.356 e. The van der Waals surface area contributed by atoms with Crippen molar-refractivity contribution >= 4 is 23.3 Å². The summed E-state index contributed by atoms with van der Waals surface area (Å²) >= 11 is 5.94. The van der Waals surface area contributed by atoms with Gasteiger partial charge in [0.25, 0.3) is 0 Å². The number of nitrogens with two attached hydrogens (primary N) is 1. The number of aromatic nitrogens is 2. The Morgan fingerprint density at radius 1 is 1.74 bits per heavy atom. The van der Waals surface area contributed by atoms with Gasteiger partial charge < -0.3 is 20.7 Å². The maximum atomic E-state index is 11.7. The van der Waals surface area contributed by atoms with Gasteiger partial charge in [0.2, 0.25) is 5.88 Å². The van der Waals surface area contributed by atoms with E-state index in [0.29, 0.717) is 0 Å². The minimum Gasteiger partial charge on any atom is -0.461 e. The van der Waals surface area contributed by atoms with E-state index in [9.17, 15) is 15.0 Å². The minimum atomic E-state index is -1.48. The Morgan fingerprint density at radius 3 is 2.89 bits per heavy atom. The van der Waals surface area contributed by atoms with Gasteiger partial charge in [-0.3, -0.25) is 0 Å². The minimum absolute atomic E-state index is 0.0497. The SMILES string of the molecule is C=C[C@]1(CO)OC(n2ccc(N)nc2=O)=C(Cl)[C@@H]1O. The molecular formula is C11H12ClN3O4. The number of ether oxygens (including phenoxy) is 1. The highest BCUT2D eigenvalue weighted by Crippen LogP contribution is 2.38. The first kappa shape index (κ1) is 13.6. The first-order valence-electron chi connectivity index (χ1n) is 5.32. The van der Waals surface area contributed by atoms with E-state index in [1.807, 2.05) is 0 Å². The second-order valence-electron chi connectivity index (χ2n) is 3.98. The number of halogens is 1. The zero-order valence-corrected chi connectivity index (χ0v) is 10.5. The van der Waals surface area contributed by atoms with E-state index in [0.717, 1.165) is 4.57 Å². The Balaban J connectivity index is 2.52. The van der Waals surface area contributed by atoms with Gasteiger partial charge in [-0.2, -0.15) is 4.98 Å². The van der Waals surface area contributed by atoms with Crippen molar-refractivity contribution in [3.8, 4) is 0 Å². The second-order valence-corrected chi connectivity index (χ2v) is 4.39. The highest BCUT2D eigenvalue weighted by Gasteiger charge is 2.47. The van der Waals surface area contributed by atoms with Crippen molar-refractivity contribution in [3.05, 3.63) is 40.4 Å². The molecule has 2 atom stereocenters. The largest absolute Gasteiger partial charge is 0.461 e. The molecule has 0 saturated heterocycles. The van der Waals surface area contributed by atoms with Crippen molar-refractivity contribution in [3.63, 3.8) is 0 Å². The van der Waals surface area contributed by atoms with E-state index >= 15 is 0 Å². The van der Waals surface area contributed by atoms with Crippen LogP contribution in [0.15, 0.2) is 34.7 Å². The van der Waals surface area contributed by atoms with Crippen molar-refractivity contribution in [1.82, 2.24) is 9.55 Å². The van der Waals surface area contributed by atoms with Crippen LogP contribution in [0.1, 0.15) is 0 Å². The maximum absolute atomic E-state index is 11.7. The highest BCUT2D eigenvalue weighted by molar-refractivity contribution is 6.32. The van der Waals surface area contributed by atoms with Crippen LogP contribution in [0.25, 0.3) is 5.88 Å². The van der Waals surface area contributed by atoms with E-state index in [-0.39, 0.29) is 16.7 Å². The second kappa shape index (κ2) is 4.69.